The molecule has 50 valence electrons. The Labute approximate surface area is 58.6 Å². The van der Waals surface area contributed by atoms with E-state index < -0.39 is 0 Å². The predicted octanol–water partition coefficient (Wildman–Crippen LogP) is 1.63. The minimum absolute atomic E-state index is 0.117. The zero-order valence-electron chi connectivity index (χ0n) is 4.89. The summed E-state index contributed by atoms with van der Waals surface area (Å²) in [5.41, 5.74) is 5.67. The average molecular weight is 146 g/mol. The third kappa shape index (κ3) is 1.19. The van der Waals surface area contributed by atoms with Crippen molar-refractivity contribution in [3.63, 3.8) is 0 Å². The Bertz CT molecular complexity index is 183. The summed E-state index contributed by atoms with van der Waals surface area (Å²) in [7, 11) is 0. The zero-order chi connectivity index (χ0) is 6.85. The van der Waals surface area contributed by atoms with Crippen molar-refractivity contribution >= 4 is 11.6 Å². The van der Waals surface area contributed by atoms with Crippen LogP contribution in [0, 0.1) is 0 Å². The van der Waals surface area contributed by atoms with Gasteiger partial charge in [-0.2, -0.15) is 0 Å². The van der Waals surface area contributed by atoms with Crippen molar-refractivity contribution in [3.05, 3.63) is 22.6 Å². The monoisotopic (exact) mass is 145 g/mol. The number of hydrogen-bond donors (Lipinski definition) is 2. The van der Waals surface area contributed by atoms with Crippen LogP contribution in [0.2, 0.25) is 0 Å². The largest absolute Gasteiger partial charge is 0.506 e. The van der Waals surface area contributed by atoms with Crippen LogP contribution in [-0.4, -0.2) is 5.11 Å². The van der Waals surface area contributed by atoms with Crippen molar-refractivity contribution in [2.45, 2.75) is 12.8 Å². The summed E-state index contributed by atoms with van der Waals surface area (Å²) in [4.78, 5) is 0. The Morgan fingerprint density at radius 2 is 2.33 bits per heavy atom. The summed E-state index contributed by atoms with van der Waals surface area (Å²) in [6, 6.07) is 0. The van der Waals surface area contributed by atoms with Gasteiger partial charge in [0.05, 0.1) is 5.70 Å². The average Bonchev–Trinajstić information content (AvgIpc) is 1.83. The van der Waals surface area contributed by atoms with Gasteiger partial charge in [-0.3, -0.25) is 0 Å². The summed E-state index contributed by atoms with van der Waals surface area (Å²) in [6.07, 6.45) is 3.20. The van der Waals surface area contributed by atoms with Crippen LogP contribution in [0.25, 0.3) is 0 Å². The Balaban J connectivity index is 2.88. The summed E-state index contributed by atoms with van der Waals surface area (Å²) < 4.78 is 0. The van der Waals surface area contributed by atoms with E-state index in [1.165, 1.54) is 0 Å². The van der Waals surface area contributed by atoms with E-state index in [4.69, 9.17) is 22.4 Å². The molecule has 0 unspecified atom stereocenters. The number of allylic oxidation sites excluding steroid dienone is 2. The van der Waals surface area contributed by atoms with Gasteiger partial charge in [0.2, 0.25) is 0 Å². The standard InChI is InChI=1S/C6H8ClNO/c7-4-2-1-3-5(9)6(4)8/h3,9H,1-2,8H2. The lowest BCUT2D eigenvalue weighted by molar-refractivity contribution is 0.415. The molecule has 0 heterocycles. The topological polar surface area (TPSA) is 46.2 Å². The van der Waals surface area contributed by atoms with Crippen molar-refractivity contribution in [1.82, 2.24) is 0 Å². The van der Waals surface area contributed by atoms with Crippen molar-refractivity contribution in [2.24, 2.45) is 5.73 Å². The number of aliphatic hydroxyl groups excluding tert-OH is 1. The molecule has 9 heavy (non-hydrogen) atoms. The second-order valence-electron chi connectivity index (χ2n) is 1.95. The maximum Gasteiger partial charge on any atom is 0.135 e. The molecule has 0 radical (unpaired) electrons. The van der Waals surface area contributed by atoms with E-state index in [2.05, 4.69) is 0 Å². The fourth-order valence-electron chi connectivity index (χ4n) is 0.719. The molecule has 0 aromatic rings. The number of hydrogen-bond acceptors (Lipinski definition) is 2. The Hall–Kier alpha value is -0.630. The molecule has 1 aliphatic carbocycles. The highest BCUT2D eigenvalue weighted by Gasteiger charge is 2.08. The minimum Gasteiger partial charge on any atom is -0.506 e. The van der Waals surface area contributed by atoms with E-state index in [0.717, 1.165) is 12.8 Å². The Morgan fingerprint density at radius 1 is 1.67 bits per heavy atom. The van der Waals surface area contributed by atoms with Crippen LogP contribution in [0.5, 0.6) is 0 Å². The summed E-state index contributed by atoms with van der Waals surface area (Å²) in [5.74, 6) is 0.117. The van der Waals surface area contributed by atoms with Crippen LogP contribution in [0.3, 0.4) is 0 Å². The van der Waals surface area contributed by atoms with Crippen molar-refractivity contribution in [2.75, 3.05) is 0 Å². The van der Waals surface area contributed by atoms with Crippen LogP contribution >= 0.6 is 11.6 Å². The van der Waals surface area contributed by atoms with Gasteiger partial charge in [0, 0.05) is 5.03 Å². The molecule has 3 heteroatoms. The van der Waals surface area contributed by atoms with Crippen LogP contribution in [0.4, 0.5) is 0 Å². The maximum atomic E-state index is 8.94. The highest BCUT2D eigenvalue weighted by atomic mass is 35.5. The highest BCUT2D eigenvalue weighted by molar-refractivity contribution is 6.30. The van der Waals surface area contributed by atoms with Crippen LogP contribution in [0.1, 0.15) is 12.8 Å². The lowest BCUT2D eigenvalue weighted by Crippen LogP contribution is -2.06. The first-order valence-corrected chi connectivity index (χ1v) is 3.13. The SMILES string of the molecule is NC1=C(Cl)CCC=C1O. The molecule has 0 saturated carbocycles. The number of rotatable bonds is 0. The van der Waals surface area contributed by atoms with Crippen molar-refractivity contribution in [1.29, 1.82) is 0 Å². The zero-order valence-corrected chi connectivity index (χ0v) is 5.65. The molecule has 0 amide bonds. The van der Waals surface area contributed by atoms with Gasteiger partial charge in [-0.1, -0.05) is 11.6 Å². The van der Waals surface area contributed by atoms with E-state index in [1.54, 1.807) is 6.08 Å². The highest BCUT2D eigenvalue weighted by Crippen LogP contribution is 2.22. The molecule has 2 nitrogen and oxygen atoms in total. The first-order chi connectivity index (χ1) is 4.22. The lowest BCUT2D eigenvalue weighted by Gasteiger charge is -2.08. The third-order valence-corrected chi connectivity index (χ3v) is 1.66. The fourth-order valence-corrected chi connectivity index (χ4v) is 0.925. The second-order valence-corrected chi connectivity index (χ2v) is 2.40. The summed E-state index contributed by atoms with van der Waals surface area (Å²) in [5, 5.41) is 9.51. The van der Waals surface area contributed by atoms with Gasteiger partial charge in [-0.15, -0.1) is 0 Å². The molecular formula is C6H8ClNO. The Morgan fingerprint density at radius 3 is 2.78 bits per heavy atom. The minimum atomic E-state index is 0.117. The number of halogens is 1. The van der Waals surface area contributed by atoms with Gasteiger partial charge in [-0.25, -0.2) is 0 Å². The molecular weight excluding hydrogens is 138 g/mol. The smallest absolute Gasteiger partial charge is 0.135 e. The summed E-state index contributed by atoms with van der Waals surface area (Å²) in [6.45, 7) is 0. The van der Waals surface area contributed by atoms with E-state index in [1.807, 2.05) is 0 Å². The lowest BCUT2D eigenvalue weighted by atomic mass is 10.1. The van der Waals surface area contributed by atoms with Gasteiger partial charge >= 0.3 is 0 Å². The molecule has 3 N–H and O–H groups in total. The van der Waals surface area contributed by atoms with E-state index in [0.29, 0.717) is 10.7 Å². The van der Waals surface area contributed by atoms with Gasteiger partial charge in [0.15, 0.2) is 0 Å². The predicted molar refractivity (Wildman–Crippen MR) is 37.0 cm³/mol. The molecule has 0 bridgehead atoms. The summed E-state index contributed by atoms with van der Waals surface area (Å²) >= 11 is 5.62. The van der Waals surface area contributed by atoms with Crippen LogP contribution in [0.15, 0.2) is 22.6 Å². The third-order valence-electron chi connectivity index (χ3n) is 1.27. The number of aliphatic hydroxyl groups is 1. The van der Waals surface area contributed by atoms with E-state index >= 15 is 0 Å². The maximum absolute atomic E-state index is 8.94. The number of nitrogens with two attached hydrogens (primary N) is 1. The van der Waals surface area contributed by atoms with E-state index in [-0.39, 0.29) is 5.76 Å². The normalized spacial score (nSPS) is 19.9. The van der Waals surface area contributed by atoms with Gasteiger partial charge in [0.25, 0.3) is 0 Å². The molecule has 0 aliphatic heterocycles. The molecule has 0 spiro atoms. The molecule has 1 aliphatic rings. The molecule has 1 rings (SSSR count). The van der Waals surface area contributed by atoms with Gasteiger partial charge < -0.3 is 10.8 Å². The van der Waals surface area contributed by atoms with Crippen molar-refractivity contribution in [3.8, 4) is 0 Å². The van der Waals surface area contributed by atoms with Crippen LogP contribution < -0.4 is 5.73 Å². The Kier molecular flexibility index (Phi) is 1.67. The molecule has 0 aromatic heterocycles. The molecule has 0 atom stereocenters. The first-order valence-electron chi connectivity index (χ1n) is 2.75. The van der Waals surface area contributed by atoms with Gasteiger partial charge in [0.1, 0.15) is 5.76 Å². The van der Waals surface area contributed by atoms with Crippen LogP contribution in [-0.2, 0) is 0 Å². The van der Waals surface area contributed by atoms with Gasteiger partial charge in [-0.05, 0) is 18.9 Å². The first kappa shape index (κ1) is 6.49. The fraction of sp³-hybridized carbons (Fsp3) is 0.333. The quantitative estimate of drug-likeness (QED) is 0.544. The molecule has 0 aromatic carbocycles. The molecule has 0 fully saturated rings. The van der Waals surface area contributed by atoms with Crippen molar-refractivity contribution < 1.29 is 5.11 Å². The van der Waals surface area contributed by atoms with E-state index in [9.17, 15) is 0 Å². The second kappa shape index (κ2) is 2.31. The molecule has 0 saturated heterocycles.